The summed E-state index contributed by atoms with van der Waals surface area (Å²) in [5.41, 5.74) is 1.71. The van der Waals surface area contributed by atoms with Crippen molar-refractivity contribution in [2.75, 3.05) is 0 Å². The Bertz CT molecular complexity index is 785. The number of hydrogen-bond acceptors (Lipinski definition) is 4. The molecule has 3 aromatic rings. The number of fused-ring (bicyclic) bond motifs is 1. The van der Waals surface area contributed by atoms with Crippen LogP contribution in [0.2, 0.25) is 0 Å². The molecule has 0 saturated carbocycles. The maximum Gasteiger partial charge on any atom is 0.355 e. The van der Waals surface area contributed by atoms with Crippen molar-refractivity contribution in [3.8, 4) is 10.6 Å². The highest BCUT2D eigenvalue weighted by Crippen LogP contribution is 2.33. The van der Waals surface area contributed by atoms with E-state index in [1.807, 2.05) is 24.3 Å². The third-order valence-corrected chi connectivity index (χ3v) is 4.24. The first-order chi connectivity index (χ1) is 9.16. The maximum atomic E-state index is 10.9. The predicted octanol–water partition coefficient (Wildman–Crippen LogP) is 3.82. The number of pyridine rings is 1. The molecule has 6 heteroatoms. The summed E-state index contributed by atoms with van der Waals surface area (Å²) < 4.78 is 0.953. The van der Waals surface area contributed by atoms with Crippen LogP contribution >= 0.6 is 27.3 Å². The molecule has 1 aromatic carbocycles. The maximum absolute atomic E-state index is 10.9. The van der Waals surface area contributed by atoms with Crippen LogP contribution in [0.25, 0.3) is 21.5 Å². The lowest BCUT2D eigenvalue weighted by Crippen LogP contribution is -1.95. The molecule has 3 rings (SSSR count). The minimum atomic E-state index is -1.02. The molecule has 2 heterocycles. The van der Waals surface area contributed by atoms with E-state index in [2.05, 4.69) is 25.9 Å². The van der Waals surface area contributed by atoms with E-state index in [-0.39, 0.29) is 5.69 Å². The summed E-state index contributed by atoms with van der Waals surface area (Å²) >= 11 is 4.79. The molecule has 4 nitrogen and oxygen atoms in total. The topological polar surface area (TPSA) is 63.1 Å². The van der Waals surface area contributed by atoms with Gasteiger partial charge in [-0.15, -0.1) is 11.3 Å². The Morgan fingerprint density at radius 1 is 1.32 bits per heavy atom. The standard InChI is InChI=1S/C13H7BrN2O2S/c14-9-4-3-8(11-7(9)2-1-5-15-11)12-16-10(6-19-12)13(17)18/h1-6H,(H,17,18). The zero-order chi connectivity index (χ0) is 13.4. The van der Waals surface area contributed by atoms with Gasteiger partial charge in [0.05, 0.1) is 5.52 Å². The summed E-state index contributed by atoms with van der Waals surface area (Å²) in [7, 11) is 0. The summed E-state index contributed by atoms with van der Waals surface area (Å²) in [5.74, 6) is -1.02. The molecule has 1 N–H and O–H groups in total. The number of carboxylic acids is 1. The molecule has 0 amide bonds. The van der Waals surface area contributed by atoms with Crippen molar-refractivity contribution in [2.24, 2.45) is 0 Å². The number of rotatable bonds is 2. The average molecular weight is 335 g/mol. The fourth-order valence-electron chi connectivity index (χ4n) is 1.81. The number of nitrogens with zero attached hydrogens (tertiary/aromatic N) is 2. The number of thiazole rings is 1. The summed E-state index contributed by atoms with van der Waals surface area (Å²) in [6, 6.07) is 7.63. The molecule has 94 valence electrons. The van der Waals surface area contributed by atoms with Crippen molar-refractivity contribution in [1.82, 2.24) is 9.97 Å². The fraction of sp³-hybridized carbons (Fsp3) is 0. The molecule has 19 heavy (non-hydrogen) atoms. The number of hydrogen-bond donors (Lipinski definition) is 1. The summed E-state index contributed by atoms with van der Waals surface area (Å²) in [4.78, 5) is 19.4. The lowest BCUT2D eigenvalue weighted by Gasteiger charge is -2.04. The minimum Gasteiger partial charge on any atom is -0.476 e. The Hall–Kier alpha value is -1.79. The minimum absolute atomic E-state index is 0.0620. The Balaban J connectivity index is 2.24. The van der Waals surface area contributed by atoms with Crippen molar-refractivity contribution in [3.05, 3.63) is 46.0 Å². The predicted molar refractivity (Wildman–Crippen MR) is 77.5 cm³/mol. The lowest BCUT2D eigenvalue weighted by molar-refractivity contribution is 0.0691. The van der Waals surface area contributed by atoms with Crippen molar-refractivity contribution in [3.63, 3.8) is 0 Å². The van der Waals surface area contributed by atoms with Gasteiger partial charge in [-0.3, -0.25) is 4.98 Å². The monoisotopic (exact) mass is 334 g/mol. The quantitative estimate of drug-likeness (QED) is 0.773. The molecule has 0 saturated heterocycles. The van der Waals surface area contributed by atoms with E-state index in [0.717, 1.165) is 20.9 Å². The third kappa shape index (κ3) is 2.13. The first-order valence-corrected chi connectivity index (χ1v) is 7.06. The normalized spacial score (nSPS) is 10.8. The SMILES string of the molecule is O=C(O)c1csc(-c2ccc(Br)c3cccnc23)n1. The third-order valence-electron chi connectivity index (χ3n) is 2.67. The highest BCUT2D eigenvalue weighted by atomic mass is 79.9. The summed E-state index contributed by atoms with van der Waals surface area (Å²) in [6.07, 6.45) is 1.71. The zero-order valence-corrected chi connectivity index (χ0v) is 11.9. The lowest BCUT2D eigenvalue weighted by atomic mass is 10.1. The van der Waals surface area contributed by atoms with Gasteiger partial charge in [-0.25, -0.2) is 9.78 Å². The van der Waals surface area contributed by atoms with Gasteiger partial charge in [-0.2, -0.15) is 0 Å². The van der Waals surface area contributed by atoms with E-state index >= 15 is 0 Å². The Kier molecular flexibility index (Phi) is 3.04. The van der Waals surface area contributed by atoms with E-state index in [0.29, 0.717) is 5.01 Å². The Morgan fingerprint density at radius 3 is 2.89 bits per heavy atom. The summed E-state index contributed by atoms with van der Waals surface area (Å²) in [5, 5.41) is 12.1. The van der Waals surface area contributed by atoms with Crippen LogP contribution in [-0.4, -0.2) is 21.0 Å². The van der Waals surface area contributed by atoms with Crippen LogP contribution in [0.5, 0.6) is 0 Å². The molecule has 0 fully saturated rings. The number of carboxylic acid groups (broad SMARTS) is 1. The number of benzene rings is 1. The van der Waals surface area contributed by atoms with Gasteiger partial charge in [0.2, 0.25) is 0 Å². The summed E-state index contributed by atoms with van der Waals surface area (Å²) in [6.45, 7) is 0. The number of aromatic carboxylic acids is 1. The fourth-order valence-corrected chi connectivity index (χ4v) is 3.08. The van der Waals surface area contributed by atoms with Gasteiger partial charge in [0, 0.05) is 27.0 Å². The average Bonchev–Trinajstić information content (AvgIpc) is 2.89. The van der Waals surface area contributed by atoms with Crippen LogP contribution < -0.4 is 0 Å². The van der Waals surface area contributed by atoms with Gasteiger partial charge < -0.3 is 5.11 Å². The largest absolute Gasteiger partial charge is 0.476 e. The second-order valence-electron chi connectivity index (χ2n) is 3.84. The van der Waals surface area contributed by atoms with Gasteiger partial charge in [0.1, 0.15) is 5.01 Å². The second-order valence-corrected chi connectivity index (χ2v) is 5.55. The zero-order valence-electron chi connectivity index (χ0n) is 9.50. The van der Waals surface area contributed by atoms with Crippen LogP contribution in [0.3, 0.4) is 0 Å². The highest BCUT2D eigenvalue weighted by Gasteiger charge is 2.13. The van der Waals surface area contributed by atoms with Gasteiger partial charge in [0.15, 0.2) is 5.69 Å². The smallest absolute Gasteiger partial charge is 0.355 e. The van der Waals surface area contributed by atoms with Crippen molar-refractivity contribution >= 4 is 44.1 Å². The molecule has 0 unspecified atom stereocenters. The first-order valence-electron chi connectivity index (χ1n) is 5.39. The molecule has 0 bridgehead atoms. The number of carbonyl (C=O) groups is 1. The van der Waals surface area contributed by atoms with Crippen LogP contribution in [0.4, 0.5) is 0 Å². The van der Waals surface area contributed by atoms with Crippen molar-refractivity contribution in [2.45, 2.75) is 0 Å². The van der Waals surface area contributed by atoms with E-state index in [9.17, 15) is 4.79 Å². The molecule has 0 aliphatic rings. The van der Waals surface area contributed by atoms with Crippen molar-refractivity contribution < 1.29 is 9.90 Å². The van der Waals surface area contributed by atoms with Crippen LogP contribution in [0, 0.1) is 0 Å². The second kappa shape index (κ2) is 4.71. The molecule has 0 aliphatic heterocycles. The van der Waals surface area contributed by atoms with E-state index in [4.69, 9.17) is 5.11 Å². The van der Waals surface area contributed by atoms with E-state index < -0.39 is 5.97 Å². The Labute approximate surface area is 120 Å². The molecular formula is C13H7BrN2O2S. The van der Waals surface area contributed by atoms with Crippen LogP contribution in [-0.2, 0) is 0 Å². The Morgan fingerprint density at radius 2 is 2.16 bits per heavy atom. The molecule has 0 aliphatic carbocycles. The van der Waals surface area contributed by atoms with Crippen LogP contribution in [0.1, 0.15) is 10.5 Å². The van der Waals surface area contributed by atoms with E-state index in [1.165, 1.54) is 16.7 Å². The van der Waals surface area contributed by atoms with Crippen molar-refractivity contribution in [1.29, 1.82) is 0 Å². The van der Waals surface area contributed by atoms with Crippen LogP contribution in [0.15, 0.2) is 40.3 Å². The van der Waals surface area contributed by atoms with Gasteiger partial charge in [-0.05, 0) is 18.2 Å². The highest BCUT2D eigenvalue weighted by molar-refractivity contribution is 9.10. The molecule has 0 spiro atoms. The van der Waals surface area contributed by atoms with Gasteiger partial charge in [0.25, 0.3) is 0 Å². The van der Waals surface area contributed by atoms with E-state index in [1.54, 1.807) is 6.20 Å². The molecule has 0 radical (unpaired) electrons. The number of aromatic nitrogens is 2. The number of halogens is 1. The molecular weight excluding hydrogens is 328 g/mol. The van der Waals surface area contributed by atoms with Gasteiger partial charge in [-0.1, -0.05) is 22.0 Å². The molecule has 0 atom stereocenters. The first kappa shape index (κ1) is 12.3. The van der Waals surface area contributed by atoms with Gasteiger partial charge >= 0.3 is 5.97 Å². The molecule has 2 aromatic heterocycles.